The average Bonchev–Trinajstić information content (AvgIpc) is 2.60. The molecule has 0 bridgehead atoms. The molecule has 25 heavy (non-hydrogen) atoms. The molecule has 0 aliphatic carbocycles. The van der Waals surface area contributed by atoms with Crippen molar-refractivity contribution < 1.29 is 23.4 Å². The van der Waals surface area contributed by atoms with E-state index in [-0.39, 0.29) is 16.3 Å². The summed E-state index contributed by atoms with van der Waals surface area (Å²) < 4.78 is 20.7. The van der Waals surface area contributed by atoms with Crippen molar-refractivity contribution in [3.05, 3.63) is 63.5 Å². The van der Waals surface area contributed by atoms with Crippen LogP contribution < -0.4 is 19.8 Å². The van der Waals surface area contributed by atoms with Gasteiger partial charge >= 0.3 is 11.6 Å². The third-order valence-electron chi connectivity index (χ3n) is 3.47. The molecule has 6 nitrogen and oxygen atoms in total. The second kappa shape index (κ2) is 6.86. The first kappa shape index (κ1) is 16.9. The zero-order valence-corrected chi connectivity index (χ0v) is 14.1. The highest BCUT2D eigenvalue weighted by Gasteiger charge is 2.17. The predicted octanol–water partition coefficient (Wildman–Crippen LogP) is 3.68. The maximum Gasteiger partial charge on any atom is 0.343 e. The number of esters is 1. The Labute approximate surface area is 147 Å². The van der Waals surface area contributed by atoms with E-state index in [1.165, 1.54) is 38.5 Å². The van der Waals surface area contributed by atoms with Crippen LogP contribution in [0, 0.1) is 0 Å². The SMILES string of the molecule is COc1cc(C(=O)Oc2ccc3ccc(=O)oc3c2)cc(Cl)c1OC. The lowest BCUT2D eigenvalue weighted by molar-refractivity contribution is 0.0734. The van der Waals surface area contributed by atoms with Gasteiger partial charge in [-0.05, 0) is 30.3 Å². The van der Waals surface area contributed by atoms with Gasteiger partial charge in [0, 0.05) is 17.5 Å². The average molecular weight is 361 g/mol. The minimum atomic E-state index is -0.638. The summed E-state index contributed by atoms with van der Waals surface area (Å²) in [4.78, 5) is 23.7. The summed E-state index contributed by atoms with van der Waals surface area (Å²) in [5, 5.41) is 0.937. The van der Waals surface area contributed by atoms with Crippen LogP contribution in [0.4, 0.5) is 0 Å². The first-order chi connectivity index (χ1) is 12.0. The highest BCUT2D eigenvalue weighted by molar-refractivity contribution is 6.32. The van der Waals surface area contributed by atoms with E-state index in [4.69, 9.17) is 30.2 Å². The smallest absolute Gasteiger partial charge is 0.343 e. The number of ether oxygens (including phenoxy) is 3. The molecule has 0 spiro atoms. The molecule has 0 radical (unpaired) electrons. The Kier molecular flexibility index (Phi) is 4.63. The molecule has 0 unspecified atom stereocenters. The molecule has 1 aromatic heterocycles. The van der Waals surface area contributed by atoms with Crippen LogP contribution in [-0.2, 0) is 0 Å². The summed E-state index contributed by atoms with van der Waals surface area (Å²) in [6.45, 7) is 0. The first-order valence-corrected chi connectivity index (χ1v) is 7.57. The van der Waals surface area contributed by atoms with Gasteiger partial charge in [-0.2, -0.15) is 0 Å². The number of fused-ring (bicyclic) bond motifs is 1. The van der Waals surface area contributed by atoms with Gasteiger partial charge in [0.2, 0.25) is 0 Å². The molecule has 2 aromatic carbocycles. The van der Waals surface area contributed by atoms with Crippen molar-refractivity contribution in [1.29, 1.82) is 0 Å². The van der Waals surface area contributed by atoms with Crippen molar-refractivity contribution in [2.24, 2.45) is 0 Å². The number of halogens is 1. The summed E-state index contributed by atoms with van der Waals surface area (Å²) in [5.74, 6) is 0.234. The molecule has 0 aliphatic rings. The molecule has 1 heterocycles. The minimum absolute atomic E-state index is 0.192. The largest absolute Gasteiger partial charge is 0.493 e. The molecule has 0 atom stereocenters. The van der Waals surface area contributed by atoms with Crippen molar-refractivity contribution in [2.75, 3.05) is 14.2 Å². The normalized spacial score (nSPS) is 10.5. The fourth-order valence-electron chi connectivity index (χ4n) is 2.31. The number of methoxy groups -OCH3 is 2. The van der Waals surface area contributed by atoms with E-state index >= 15 is 0 Å². The molecule has 0 saturated carbocycles. The third-order valence-corrected chi connectivity index (χ3v) is 3.76. The fraction of sp³-hybridized carbons (Fsp3) is 0.111. The quantitative estimate of drug-likeness (QED) is 0.401. The van der Waals surface area contributed by atoms with Gasteiger partial charge < -0.3 is 18.6 Å². The molecule has 0 N–H and O–H groups in total. The van der Waals surface area contributed by atoms with Crippen molar-refractivity contribution in [3.8, 4) is 17.2 Å². The Balaban J connectivity index is 1.92. The van der Waals surface area contributed by atoms with Crippen LogP contribution in [0.2, 0.25) is 5.02 Å². The summed E-state index contributed by atoms with van der Waals surface area (Å²) in [6.07, 6.45) is 0. The third kappa shape index (κ3) is 3.44. The number of rotatable bonds is 4. The molecule has 0 amide bonds. The van der Waals surface area contributed by atoms with Gasteiger partial charge in [0.05, 0.1) is 24.8 Å². The highest BCUT2D eigenvalue weighted by Crippen LogP contribution is 2.36. The molecule has 0 saturated heterocycles. The topological polar surface area (TPSA) is 75.0 Å². The van der Waals surface area contributed by atoms with Crippen LogP contribution in [0.25, 0.3) is 11.0 Å². The van der Waals surface area contributed by atoms with Crippen molar-refractivity contribution in [3.63, 3.8) is 0 Å². The molecular weight excluding hydrogens is 348 g/mol. The molecule has 3 aromatic rings. The summed E-state index contributed by atoms with van der Waals surface area (Å²) in [7, 11) is 2.89. The number of benzene rings is 2. The van der Waals surface area contributed by atoms with Gasteiger partial charge in [-0.25, -0.2) is 9.59 Å². The Morgan fingerprint density at radius 2 is 1.80 bits per heavy atom. The van der Waals surface area contributed by atoms with Gasteiger partial charge in [-0.1, -0.05) is 11.6 Å². The Morgan fingerprint density at radius 3 is 2.52 bits per heavy atom. The monoisotopic (exact) mass is 360 g/mol. The molecule has 0 fully saturated rings. The number of hydrogen-bond donors (Lipinski definition) is 0. The maximum atomic E-state index is 12.4. The number of carbonyl (C=O) groups excluding carboxylic acids is 1. The highest BCUT2D eigenvalue weighted by atomic mass is 35.5. The lowest BCUT2D eigenvalue weighted by atomic mass is 10.2. The minimum Gasteiger partial charge on any atom is -0.493 e. The van der Waals surface area contributed by atoms with Crippen LogP contribution in [0.3, 0.4) is 0 Å². The van der Waals surface area contributed by atoms with Gasteiger partial charge in [0.25, 0.3) is 0 Å². The van der Waals surface area contributed by atoms with Crippen molar-refractivity contribution in [2.45, 2.75) is 0 Å². The van der Waals surface area contributed by atoms with E-state index in [0.29, 0.717) is 22.5 Å². The lowest BCUT2D eigenvalue weighted by Crippen LogP contribution is -2.09. The van der Waals surface area contributed by atoms with E-state index in [2.05, 4.69) is 0 Å². The molecule has 7 heteroatoms. The van der Waals surface area contributed by atoms with E-state index in [9.17, 15) is 9.59 Å². The fourth-order valence-corrected chi connectivity index (χ4v) is 2.59. The zero-order chi connectivity index (χ0) is 18.0. The van der Waals surface area contributed by atoms with Crippen LogP contribution in [0.15, 0.2) is 51.7 Å². The van der Waals surface area contributed by atoms with Crippen LogP contribution in [0.5, 0.6) is 17.2 Å². The second-order valence-corrected chi connectivity index (χ2v) is 5.44. The molecule has 0 aliphatic heterocycles. The van der Waals surface area contributed by atoms with Gasteiger partial charge in [0.1, 0.15) is 11.3 Å². The summed E-state index contributed by atoms with van der Waals surface area (Å²) in [5.41, 5.74) is 0.0306. The summed E-state index contributed by atoms with van der Waals surface area (Å²) >= 11 is 6.09. The second-order valence-electron chi connectivity index (χ2n) is 5.04. The van der Waals surface area contributed by atoms with Crippen LogP contribution in [-0.4, -0.2) is 20.2 Å². The Bertz CT molecular complexity index is 1010. The molecule has 3 rings (SSSR count). The van der Waals surface area contributed by atoms with Crippen LogP contribution in [0.1, 0.15) is 10.4 Å². The van der Waals surface area contributed by atoms with Gasteiger partial charge in [0.15, 0.2) is 11.5 Å². The van der Waals surface area contributed by atoms with E-state index in [1.54, 1.807) is 18.2 Å². The molecular formula is C18H13ClO6. The number of carbonyl (C=O) groups is 1. The zero-order valence-electron chi connectivity index (χ0n) is 13.4. The molecule has 128 valence electrons. The van der Waals surface area contributed by atoms with Gasteiger partial charge in [-0.15, -0.1) is 0 Å². The van der Waals surface area contributed by atoms with E-state index in [0.717, 1.165) is 0 Å². The Hall–Kier alpha value is -2.99. The lowest BCUT2D eigenvalue weighted by Gasteiger charge is -2.11. The summed E-state index contributed by atoms with van der Waals surface area (Å²) in [6, 6.07) is 10.6. The van der Waals surface area contributed by atoms with Gasteiger partial charge in [-0.3, -0.25) is 0 Å². The van der Waals surface area contributed by atoms with E-state index in [1.807, 2.05) is 0 Å². The van der Waals surface area contributed by atoms with Crippen molar-refractivity contribution in [1.82, 2.24) is 0 Å². The number of hydrogen-bond acceptors (Lipinski definition) is 6. The maximum absolute atomic E-state index is 12.4. The van der Waals surface area contributed by atoms with Crippen molar-refractivity contribution >= 4 is 28.5 Å². The Morgan fingerprint density at radius 1 is 1.04 bits per heavy atom. The van der Waals surface area contributed by atoms with Crippen LogP contribution >= 0.6 is 11.6 Å². The predicted molar refractivity (Wildman–Crippen MR) is 92.0 cm³/mol. The van der Waals surface area contributed by atoms with E-state index < -0.39 is 11.6 Å². The standard InChI is InChI=1S/C18H13ClO6/c1-22-15-8-11(7-13(19)17(15)23-2)18(21)24-12-5-3-10-4-6-16(20)25-14(10)9-12/h3-9H,1-2H3. The first-order valence-electron chi connectivity index (χ1n) is 7.19.